The summed E-state index contributed by atoms with van der Waals surface area (Å²) in [5.41, 5.74) is 1.94. The van der Waals surface area contributed by atoms with Gasteiger partial charge in [-0.25, -0.2) is 0 Å². The molecule has 4 rings (SSSR count). The van der Waals surface area contributed by atoms with Crippen LogP contribution in [0.25, 0.3) is 0 Å². The third-order valence-corrected chi connectivity index (χ3v) is 10.6. The van der Waals surface area contributed by atoms with Gasteiger partial charge in [-0.1, -0.05) is 35.7 Å². The molecule has 0 saturated carbocycles. The molecule has 0 amide bonds. The molecule has 14 heteroatoms. The first kappa shape index (κ1) is 23.3. The molecule has 0 spiro atoms. The first-order chi connectivity index (χ1) is 15.1. The van der Waals surface area contributed by atoms with E-state index in [0.29, 0.717) is 45.6 Å². The molecule has 2 aliphatic heterocycles. The van der Waals surface area contributed by atoms with Gasteiger partial charge in [0, 0.05) is 22.9 Å². The topological polar surface area (TPSA) is 140 Å². The first-order valence-corrected chi connectivity index (χ1v) is 14.3. The smallest absolute Gasteiger partial charge is 0.296 e. The van der Waals surface area contributed by atoms with Gasteiger partial charge >= 0.3 is 0 Å². The number of anilines is 2. The second-order valence-corrected chi connectivity index (χ2v) is 12.7. The summed E-state index contributed by atoms with van der Waals surface area (Å²) in [5.74, 6) is 0. The van der Waals surface area contributed by atoms with E-state index in [-0.39, 0.29) is 0 Å². The van der Waals surface area contributed by atoms with Crippen molar-refractivity contribution >= 4 is 66.5 Å². The van der Waals surface area contributed by atoms with Crippen LogP contribution in [0.1, 0.15) is 13.8 Å². The summed E-state index contributed by atoms with van der Waals surface area (Å²) in [7, 11) is -8.66. The average molecular weight is 517 g/mol. The molecule has 10 nitrogen and oxygen atoms in total. The molecule has 0 aromatic heterocycles. The van der Waals surface area contributed by atoms with Crippen molar-refractivity contribution < 1.29 is 25.9 Å². The van der Waals surface area contributed by atoms with Gasteiger partial charge in [0.25, 0.3) is 20.2 Å². The highest BCUT2D eigenvalue weighted by Crippen LogP contribution is 2.52. The summed E-state index contributed by atoms with van der Waals surface area (Å²) in [6, 6.07) is 10.3. The SMILES string of the molecule is CCN1c2c(N=Nc3cccc4c3N(CC)C(S(=O)(=O)O)S4)cccc2SC1S(=O)(=O)O. The monoisotopic (exact) mass is 516 g/mol. The number of thioether (sulfide) groups is 2. The standard InChI is InChI=1S/C18H20N4O6S4/c1-3-21-15-11(7-5-9-13(15)29-17(21)31(23,24)25)19-20-12-8-6-10-14-16(12)22(4-2)18(30-14)32(26,27)28/h5-10,17-18H,3-4H2,1-2H3,(H,23,24,25)(H,26,27,28). The molecule has 0 aliphatic carbocycles. The Kier molecular flexibility index (Phi) is 6.19. The fourth-order valence-corrected chi connectivity index (χ4v) is 8.60. The lowest BCUT2D eigenvalue weighted by atomic mass is 10.2. The molecule has 0 bridgehead atoms. The molecule has 2 aliphatic rings. The molecule has 2 aromatic rings. The predicted molar refractivity (Wildman–Crippen MR) is 125 cm³/mol. The van der Waals surface area contributed by atoms with E-state index in [1.54, 1.807) is 60.0 Å². The molecular formula is C18H20N4O6S4. The van der Waals surface area contributed by atoms with E-state index in [4.69, 9.17) is 0 Å². The Morgan fingerprint density at radius 1 is 0.781 bits per heavy atom. The van der Waals surface area contributed by atoms with Crippen LogP contribution in [0, 0.1) is 0 Å². The van der Waals surface area contributed by atoms with Gasteiger partial charge in [-0.2, -0.15) is 16.8 Å². The van der Waals surface area contributed by atoms with Crippen molar-refractivity contribution in [2.24, 2.45) is 10.2 Å². The Hall–Kier alpha value is -1.84. The van der Waals surface area contributed by atoms with Crippen LogP contribution in [0.4, 0.5) is 22.7 Å². The average Bonchev–Trinajstić information content (AvgIpc) is 3.30. The number of rotatable bonds is 6. The summed E-state index contributed by atoms with van der Waals surface area (Å²) in [4.78, 5) is 4.39. The van der Waals surface area contributed by atoms with Crippen LogP contribution in [0.5, 0.6) is 0 Å². The van der Waals surface area contributed by atoms with Gasteiger partial charge in [0.2, 0.25) is 9.41 Å². The van der Waals surface area contributed by atoms with Crippen molar-refractivity contribution in [2.45, 2.75) is 33.1 Å². The van der Waals surface area contributed by atoms with Crippen LogP contribution in [0.2, 0.25) is 0 Å². The van der Waals surface area contributed by atoms with Crippen molar-refractivity contribution in [3.63, 3.8) is 0 Å². The molecule has 0 fully saturated rings. The van der Waals surface area contributed by atoms with Crippen molar-refractivity contribution in [1.82, 2.24) is 0 Å². The summed E-state index contributed by atoms with van der Waals surface area (Å²) >= 11 is 2.04. The fraction of sp³-hybridized carbons (Fsp3) is 0.333. The fourth-order valence-electron chi connectivity index (χ4n) is 3.67. The second kappa shape index (κ2) is 8.50. The molecule has 0 radical (unpaired) electrons. The normalized spacial score (nSPS) is 20.8. The van der Waals surface area contributed by atoms with Gasteiger partial charge in [-0.05, 0) is 38.1 Å². The molecule has 2 N–H and O–H groups in total. The minimum atomic E-state index is -4.33. The summed E-state index contributed by atoms with van der Waals surface area (Å²) in [6.07, 6.45) is 0. The zero-order chi connectivity index (χ0) is 23.3. The molecule has 32 heavy (non-hydrogen) atoms. The van der Waals surface area contributed by atoms with Crippen LogP contribution in [-0.4, -0.2) is 48.4 Å². The van der Waals surface area contributed by atoms with Crippen LogP contribution in [0.3, 0.4) is 0 Å². The maximum atomic E-state index is 11.8. The van der Waals surface area contributed by atoms with Crippen molar-refractivity contribution in [3.05, 3.63) is 36.4 Å². The Morgan fingerprint density at radius 2 is 1.16 bits per heavy atom. The highest BCUT2D eigenvalue weighted by atomic mass is 32.3. The molecule has 2 atom stereocenters. The minimum Gasteiger partial charge on any atom is -0.342 e. The third-order valence-electron chi connectivity index (χ3n) is 4.95. The summed E-state index contributed by atoms with van der Waals surface area (Å²) in [6.45, 7) is 4.21. The van der Waals surface area contributed by atoms with E-state index in [1.807, 2.05) is 0 Å². The maximum absolute atomic E-state index is 11.8. The second-order valence-electron chi connectivity index (χ2n) is 6.90. The van der Waals surface area contributed by atoms with Crippen LogP contribution in [0.15, 0.2) is 56.4 Å². The van der Waals surface area contributed by atoms with Gasteiger partial charge < -0.3 is 9.80 Å². The Labute approximate surface area is 194 Å². The Balaban J connectivity index is 1.75. The highest BCUT2D eigenvalue weighted by Gasteiger charge is 2.40. The quantitative estimate of drug-likeness (QED) is 0.421. The number of fused-ring (bicyclic) bond motifs is 2. The van der Waals surface area contributed by atoms with Crippen molar-refractivity contribution in [3.8, 4) is 0 Å². The van der Waals surface area contributed by atoms with Gasteiger partial charge in [-0.3, -0.25) is 9.11 Å². The van der Waals surface area contributed by atoms with E-state index in [2.05, 4.69) is 10.2 Å². The number of nitrogens with zero attached hydrogens (tertiary/aromatic N) is 4. The minimum absolute atomic E-state index is 0.327. The number of benzene rings is 2. The number of hydrogen-bond donors (Lipinski definition) is 2. The van der Waals surface area contributed by atoms with Crippen molar-refractivity contribution in [1.29, 1.82) is 0 Å². The van der Waals surface area contributed by atoms with E-state index in [1.165, 1.54) is 0 Å². The van der Waals surface area contributed by atoms with Crippen LogP contribution >= 0.6 is 23.5 Å². The molecular weight excluding hydrogens is 496 g/mol. The lowest BCUT2D eigenvalue weighted by Crippen LogP contribution is -2.35. The van der Waals surface area contributed by atoms with Crippen molar-refractivity contribution in [2.75, 3.05) is 22.9 Å². The zero-order valence-corrected chi connectivity index (χ0v) is 20.2. The van der Waals surface area contributed by atoms with E-state index in [9.17, 15) is 25.9 Å². The van der Waals surface area contributed by atoms with Gasteiger partial charge in [0.15, 0.2) is 0 Å². The molecule has 2 aromatic carbocycles. The molecule has 0 saturated heterocycles. The lowest BCUT2D eigenvalue weighted by molar-refractivity contribution is 0.476. The first-order valence-electron chi connectivity index (χ1n) is 9.53. The number of azo groups is 1. The molecule has 2 unspecified atom stereocenters. The summed E-state index contributed by atoms with van der Waals surface area (Å²) in [5, 5.41) is 8.68. The van der Waals surface area contributed by atoms with E-state index in [0.717, 1.165) is 23.5 Å². The lowest BCUT2D eigenvalue weighted by Gasteiger charge is -2.23. The van der Waals surface area contributed by atoms with Gasteiger partial charge in [0.1, 0.15) is 11.4 Å². The van der Waals surface area contributed by atoms with E-state index >= 15 is 0 Å². The van der Waals surface area contributed by atoms with E-state index < -0.39 is 29.6 Å². The molecule has 172 valence electrons. The summed E-state index contributed by atoms with van der Waals surface area (Å²) < 4.78 is 64.2. The number of para-hydroxylation sites is 2. The Bertz CT molecular complexity index is 1200. The number of hydrogen-bond acceptors (Lipinski definition) is 10. The third kappa shape index (κ3) is 4.10. The maximum Gasteiger partial charge on any atom is 0.296 e. The largest absolute Gasteiger partial charge is 0.342 e. The van der Waals surface area contributed by atoms with Crippen LogP contribution in [-0.2, 0) is 20.2 Å². The van der Waals surface area contributed by atoms with Gasteiger partial charge in [-0.15, -0.1) is 10.2 Å². The van der Waals surface area contributed by atoms with Gasteiger partial charge in [0.05, 0.1) is 11.4 Å². The highest BCUT2D eigenvalue weighted by molar-refractivity contribution is 8.12. The predicted octanol–water partition coefficient (Wildman–Crippen LogP) is 4.31. The Morgan fingerprint density at radius 3 is 1.47 bits per heavy atom. The zero-order valence-electron chi connectivity index (χ0n) is 17.0. The molecule has 2 heterocycles. The van der Waals surface area contributed by atoms with Crippen LogP contribution < -0.4 is 9.80 Å².